The summed E-state index contributed by atoms with van der Waals surface area (Å²) < 4.78 is 13.0. The third-order valence-electron chi connectivity index (χ3n) is 6.32. The maximum atomic E-state index is 13.0. The maximum absolute atomic E-state index is 13.0. The second-order valence-corrected chi connectivity index (χ2v) is 8.04. The Kier molecular flexibility index (Phi) is 5.16. The molecule has 5 heteroatoms. The molecule has 4 nitrogen and oxygen atoms in total. The zero-order valence-electron chi connectivity index (χ0n) is 16.0. The molecule has 2 aromatic rings. The molecule has 1 heterocycles. The molecule has 2 aromatic carbocycles. The summed E-state index contributed by atoms with van der Waals surface area (Å²) in [5, 5.41) is 2.99. The van der Waals surface area contributed by atoms with Crippen LogP contribution in [-0.4, -0.2) is 29.3 Å². The minimum absolute atomic E-state index is 0.193. The van der Waals surface area contributed by atoms with Crippen LogP contribution in [0.3, 0.4) is 0 Å². The molecular weight excluding hydrogens is 355 g/mol. The number of amides is 2. The molecule has 1 aliphatic heterocycles. The summed E-state index contributed by atoms with van der Waals surface area (Å²) in [6.07, 6.45) is 1.53. The molecule has 0 aromatic heterocycles. The van der Waals surface area contributed by atoms with Gasteiger partial charge in [0.2, 0.25) is 5.91 Å². The molecule has 28 heavy (non-hydrogen) atoms. The van der Waals surface area contributed by atoms with Gasteiger partial charge in [0.15, 0.2) is 0 Å². The standard InChI is InChI=1S/C23H25FN2O2/c1-15-11-21-19(12-22(27)26(21)14-16-5-3-2-4-6-16)20(15)13-25-23(28)17-7-9-18(24)10-8-17/h2-10,15,19-21H,11-14H2,1H3,(H,25,28)/t15-,19-,20+,21+/m0/s1. The lowest BCUT2D eigenvalue weighted by Gasteiger charge is -2.24. The van der Waals surface area contributed by atoms with Crippen molar-refractivity contribution in [3.8, 4) is 0 Å². The Morgan fingerprint density at radius 2 is 1.86 bits per heavy atom. The van der Waals surface area contributed by atoms with Crippen molar-refractivity contribution >= 4 is 11.8 Å². The molecule has 1 saturated heterocycles. The lowest BCUT2D eigenvalue weighted by molar-refractivity contribution is -0.129. The first-order valence-corrected chi connectivity index (χ1v) is 9.90. The van der Waals surface area contributed by atoms with Gasteiger partial charge in [-0.2, -0.15) is 0 Å². The van der Waals surface area contributed by atoms with E-state index in [-0.39, 0.29) is 35.5 Å². The maximum Gasteiger partial charge on any atom is 0.251 e. The highest BCUT2D eigenvalue weighted by molar-refractivity contribution is 5.94. The number of hydrogen-bond donors (Lipinski definition) is 1. The van der Waals surface area contributed by atoms with Gasteiger partial charge in [-0.05, 0) is 54.0 Å². The molecule has 1 N–H and O–H groups in total. The molecule has 4 rings (SSSR count). The highest BCUT2D eigenvalue weighted by Crippen LogP contribution is 2.46. The Morgan fingerprint density at radius 1 is 1.14 bits per heavy atom. The Morgan fingerprint density at radius 3 is 2.57 bits per heavy atom. The average Bonchev–Trinajstić information content (AvgIpc) is 3.15. The Bertz CT molecular complexity index is 853. The average molecular weight is 380 g/mol. The summed E-state index contributed by atoms with van der Waals surface area (Å²) >= 11 is 0. The van der Waals surface area contributed by atoms with Crippen molar-refractivity contribution in [3.05, 3.63) is 71.5 Å². The van der Waals surface area contributed by atoms with Crippen LogP contribution in [0.2, 0.25) is 0 Å². The van der Waals surface area contributed by atoms with Crippen LogP contribution >= 0.6 is 0 Å². The molecule has 146 valence electrons. The molecule has 0 bridgehead atoms. The van der Waals surface area contributed by atoms with E-state index in [0.717, 1.165) is 12.0 Å². The fourth-order valence-electron chi connectivity index (χ4n) is 4.84. The Balaban J connectivity index is 1.40. The molecule has 4 atom stereocenters. The van der Waals surface area contributed by atoms with Crippen molar-refractivity contribution in [3.63, 3.8) is 0 Å². The van der Waals surface area contributed by atoms with E-state index in [1.165, 1.54) is 24.3 Å². The number of carbonyl (C=O) groups is 2. The Hall–Kier alpha value is -2.69. The van der Waals surface area contributed by atoms with E-state index in [1.807, 2.05) is 23.1 Å². The summed E-state index contributed by atoms with van der Waals surface area (Å²) in [6, 6.07) is 15.9. The van der Waals surface area contributed by atoms with Crippen molar-refractivity contribution < 1.29 is 14.0 Å². The molecule has 1 saturated carbocycles. The predicted octanol–water partition coefficient (Wildman–Crippen LogP) is 3.63. The summed E-state index contributed by atoms with van der Waals surface area (Å²) in [7, 11) is 0. The lowest BCUT2D eigenvalue weighted by Crippen LogP contribution is -2.34. The van der Waals surface area contributed by atoms with E-state index in [9.17, 15) is 14.0 Å². The largest absolute Gasteiger partial charge is 0.352 e. The SMILES string of the molecule is C[C@H]1C[C@@H]2[C@@H](CC(=O)N2Cc2ccccc2)[C@@H]1CNC(=O)c1ccc(F)cc1. The summed E-state index contributed by atoms with van der Waals surface area (Å²) in [5.41, 5.74) is 1.61. The smallest absolute Gasteiger partial charge is 0.251 e. The number of benzene rings is 2. The monoisotopic (exact) mass is 380 g/mol. The molecule has 2 amide bonds. The van der Waals surface area contributed by atoms with Crippen LogP contribution in [0.15, 0.2) is 54.6 Å². The predicted molar refractivity (Wildman–Crippen MR) is 105 cm³/mol. The van der Waals surface area contributed by atoms with E-state index >= 15 is 0 Å². The van der Waals surface area contributed by atoms with Gasteiger partial charge in [0.25, 0.3) is 5.91 Å². The topological polar surface area (TPSA) is 49.4 Å². The van der Waals surface area contributed by atoms with E-state index in [1.54, 1.807) is 0 Å². The van der Waals surface area contributed by atoms with Crippen molar-refractivity contribution in [2.45, 2.75) is 32.4 Å². The van der Waals surface area contributed by atoms with E-state index in [0.29, 0.717) is 31.0 Å². The molecule has 0 spiro atoms. The van der Waals surface area contributed by atoms with Gasteiger partial charge in [-0.1, -0.05) is 37.3 Å². The molecule has 2 aliphatic rings. The summed E-state index contributed by atoms with van der Waals surface area (Å²) in [6.45, 7) is 3.41. The number of halogens is 1. The second kappa shape index (κ2) is 7.74. The van der Waals surface area contributed by atoms with Crippen LogP contribution in [0.5, 0.6) is 0 Å². The highest BCUT2D eigenvalue weighted by atomic mass is 19.1. The molecule has 0 unspecified atom stereocenters. The quantitative estimate of drug-likeness (QED) is 0.861. The van der Waals surface area contributed by atoms with Crippen molar-refractivity contribution in [1.82, 2.24) is 10.2 Å². The van der Waals surface area contributed by atoms with Gasteiger partial charge in [-0.3, -0.25) is 9.59 Å². The summed E-state index contributed by atoms with van der Waals surface area (Å²) in [5.74, 6) is 0.655. The first-order chi connectivity index (χ1) is 13.5. The van der Waals surface area contributed by atoms with E-state index < -0.39 is 0 Å². The first kappa shape index (κ1) is 18.7. The van der Waals surface area contributed by atoms with Gasteiger partial charge in [-0.15, -0.1) is 0 Å². The third kappa shape index (κ3) is 3.66. The number of nitrogens with one attached hydrogen (secondary N) is 1. The zero-order chi connectivity index (χ0) is 19.7. The number of rotatable bonds is 5. The molecule has 2 fully saturated rings. The van der Waals surface area contributed by atoms with Crippen molar-refractivity contribution in [2.75, 3.05) is 6.54 Å². The van der Waals surface area contributed by atoms with Gasteiger partial charge >= 0.3 is 0 Å². The number of likely N-dealkylation sites (tertiary alicyclic amines) is 1. The van der Waals surface area contributed by atoms with Crippen LogP contribution in [0.25, 0.3) is 0 Å². The lowest BCUT2D eigenvalue weighted by atomic mass is 9.88. The molecule has 0 radical (unpaired) electrons. The van der Waals surface area contributed by atoms with Crippen LogP contribution < -0.4 is 5.32 Å². The fraction of sp³-hybridized carbons (Fsp3) is 0.391. The van der Waals surface area contributed by atoms with E-state index in [2.05, 4.69) is 24.4 Å². The van der Waals surface area contributed by atoms with Crippen LogP contribution in [0, 0.1) is 23.6 Å². The minimum atomic E-state index is -0.355. The molecule has 1 aliphatic carbocycles. The number of fused-ring (bicyclic) bond motifs is 1. The van der Waals surface area contributed by atoms with Gasteiger partial charge in [0.05, 0.1) is 0 Å². The van der Waals surface area contributed by atoms with Crippen molar-refractivity contribution in [2.24, 2.45) is 17.8 Å². The highest BCUT2D eigenvalue weighted by Gasteiger charge is 2.50. The van der Waals surface area contributed by atoms with Crippen LogP contribution in [-0.2, 0) is 11.3 Å². The second-order valence-electron chi connectivity index (χ2n) is 8.04. The van der Waals surface area contributed by atoms with Gasteiger partial charge < -0.3 is 10.2 Å². The number of carbonyl (C=O) groups excluding carboxylic acids is 2. The number of hydrogen-bond acceptors (Lipinski definition) is 2. The van der Waals surface area contributed by atoms with Gasteiger partial charge in [-0.25, -0.2) is 4.39 Å². The minimum Gasteiger partial charge on any atom is -0.352 e. The normalized spacial score (nSPS) is 26.4. The Labute approximate surface area is 164 Å². The van der Waals surface area contributed by atoms with Crippen LogP contribution in [0.1, 0.15) is 35.7 Å². The molecular formula is C23H25FN2O2. The number of nitrogens with zero attached hydrogens (tertiary/aromatic N) is 1. The third-order valence-corrected chi connectivity index (χ3v) is 6.32. The summed E-state index contributed by atoms with van der Waals surface area (Å²) in [4.78, 5) is 27.0. The van der Waals surface area contributed by atoms with Crippen molar-refractivity contribution in [1.29, 1.82) is 0 Å². The van der Waals surface area contributed by atoms with Crippen LogP contribution in [0.4, 0.5) is 4.39 Å². The van der Waals surface area contributed by atoms with E-state index in [4.69, 9.17) is 0 Å². The zero-order valence-corrected chi connectivity index (χ0v) is 16.0. The van der Waals surface area contributed by atoms with Gasteiger partial charge in [0.1, 0.15) is 5.82 Å². The van der Waals surface area contributed by atoms with Gasteiger partial charge in [0, 0.05) is 31.1 Å². The fourth-order valence-corrected chi connectivity index (χ4v) is 4.84. The first-order valence-electron chi connectivity index (χ1n) is 9.90.